The van der Waals surface area contributed by atoms with Gasteiger partial charge in [-0.05, 0) is 44.4 Å². The Bertz CT molecular complexity index is 720. The number of nitrogens with one attached hydrogen (secondary N) is 1. The van der Waals surface area contributed by atoms with E-state index in [0.717, 1.165) is 56.6 Å². The van der Waals surface area contributed by atoms with Crippen LogP contribution in [-0.2, 0) is 0 Å². The van der Waals surface area contributed by atoms with Crippen molar-refractivity contribution in [1.82, 2.24) is 9.97 Å². The minimum absolute atomic E-state index is 0.744. The average molecular weight is 339 g/mol. The highest BCUT2D eigenvalue weighted by atomic mass is 15.3. The minimum Gasteiger partial charge on any atom is -0.368 e. The van der Waals surface area contributed by atoms with Crippen molar-refractivity contribution in [2.24, 2.45) is 0 Å². The van der Waals surface area contributed by atoms with Crippen molar-refractivity contribution < 1.29 is 0 Å². The van der Waals surface area contributed by atoms with Gasteiger partial charge >= 0.3 is 0 Å². The smallest absolute Gasteiger partial charge is 0.224 e. The van der Waals surface area contributed by atoms with Crippen LogP contribution >= 0.6 is 0 Å². The molecule has 0 saturated carbocycles. The van der Waals surface area contributed by atoms with Gasteiger partial charge < -0.3 is 15.1 Å². The molecule has 2 heterocycles. The summed E-state index contributed by atoms with van der Waals surface area (Å²) in [5.74, 6) is 1.78. The van der Waals surface area contributed by atoms with Crippen LogP contribution in [0.5, 0.6) is 0 Å². The van der Waals surface area contributed by atoms with Crippen LogP contribution in [0.4, 0.5) is 17.5 Å². The molecule has 0 unspecified atom stereocenters. The molecule has 1 aliphatic rings. The number of hydrogen-bond acceptors (Lipinski definition) is 5. The molecule has 5 nitrogen and oxygen atoms in total. The summed E-state index contributed by atoms with van der Waals surface area (Å²) in [5, 5.41) is 3.30. The molecule has 1 saturated heterocycles. The van der Waals surface area contributed by atoms with Crippen LogP contribution in [0.25, 0.3) is 0 Å². The van der Waals surface area contributed by atoms with E-state index in [1.54, 1.807) is 0 Å². The first-order chi connectivity index (χ1) is 12.1. The summed E-state index contributed by atoms with van der Waals surface area (Å²) in [7, 11) is 0. The van der Waals surface area contributed by atoms with Crippen LogP contribution in [0, 0.1) is 20.8 Å². The molecule has 0 spiro atoms. The summed E-state index contributed by atoms with van der Waals surface area (Å²) in [6.07, 6.45) is 1.07. The zero-order valence-corrected chi connectivity index (χ0v) is 15.8. The number of piperazine rings is 1. The highest BCUT2D eigenvalue weighted by Gasteiger charge is 2.20. The summed E-state index contributed by atoms with van der Waals surface area (Å²) in [4.78, 5) is 14.1. The molecule has 1 N–H and O–H groups in total. The van der Waals surface area contributed by atoms with Crippen molar-refractivity contribution >= 4 is 17.5 Å². The van der Waals surface area contributed by atoms with E-state index in [1.807, 2.05) is 6.92 Å². The largest absolute Gasteiger partial charge is 0.368 e. The molecular weight excluding hydrogens is 310 g/mol. The second kappa shape index (κ2) is 7.72. The number of hydrogen-bond donors (Lipinski definition) is 1. The van der Waals surface area contributed by atoms with Gasteiger partial charge in [-0.1, -0.05) is 19.1 Å². The first-order valence-electron chi connectivity index (χ1n) is 9.24. The van der Waals surface area contributed by atoms with E-state index in [1.165, 1.54) is 16.8 Å². The molecule has 5 heteroatoms. The highest BCUT2D eigenvalue weighted by molar-refractivity contribution is 5.57. The molecule has 1 aromatic heterocycles. The number of aromatic nitrogens is 2. The van der Waals surface area contributed by atoms with Crippen LogP contribution in [0.2, 0.25) is 0 Å². The minimum atomic E-state index is 0.744. The van der Waals surface area contributed by atoms with Gasteiger partial charge in [-0.2, -0.15) is 4.98 Å². The fourth-order valence-electron chi connectivity index (χ4n) is 3.28. The lowest BCUT2D eigenvalue weighted by atomic mass is 10.1. The molecule has 134 valence electrons. The molecular formula is C20H29N5. The Morgan fingerprint density at radius 2 is 1.72 bits per heavy atom. The molecule has 25 heavy (non-hydrogen) atoms. The monoisotopic (exact) mass is 339 g/mol. The maximum atomic E-state index is 4.71. The number of rotatable bonds is 5. The van der Waals surface area contributed by atoms with Crippen molar-refractivity contribution in [3.8, 4) is 0 Å². The first kappa shape index (κ1) is 17.5. The second-order valence-electron chi connectivity index (χ2n) is 6.81. The summed E-state index contributed by atoms with van der Waals surface area (Å²) in [5.41, 5.74) is 5.13. The lowest BCUT2D eigenvalue weighted by Crippen LogP contribution is -2.47. The molecule has 0 amide bonds. The number of anilines is 3. The second-order valence-corrected chi connectivity index (χ2v) is 6.81. The maximum absolute atomic E-state index is 4.71. The van der Waals surface area contributed by atoms with E-state index in [9.17, 15) is 0 Å². The molecule has 1 aliphatic heterocycles. The van der Waals surface area contributed by atoms with E-state index < -0.39 is 0 Å². The van der Waals surface area contributed by atoms with Gasteiger partial charge in [0.2, 0.25) is 5.95 Å². The van der Waals surface area contributed by atoms with Gasteiger partial charge in [-0.15, -0.1) is 0 Å². The third-order valence-corrected chi connectivity index (χ3v) is 4.89. The highest BCUT2D eigenvalue weighted by Crippen LogP contribution is 2.25. The molecule has 0 atom stereocenters. The molecule has 0 aliphatic carbocycles. The Morgan fingerprint density at radius 3 is 2.44 bits per heavy atom. The summed E-state index contributed by atoms with van der Waals surface area (Å²) in [6, 6.07) is 8.66. The standard InChI is InChI=1S/C20H29N5/c1-5-9-21-20-22-16(3)14-19(23-20)25-12-10-24(11-13-25)18-8-6-7-15(2)17(18)4/h6-8,14H,5,9-13H2,1-4H3,(H,21,22,23). The van der Waals surface area contributed by atoms with Crippen molar-refractivity contribution in [1.29, 1.82) is 0 Å². The van der Waals surface area contributed by atoms with Gasteiger partial charge in [0.1, 0.15) is 5.82 Å². The molecule has 3 rings (SSSR count). The van der Waals surface area contributed by atoms with Crippen LogP contribution in [0.15, 0.2) is 24.3 Å². The predicted molar refractivity (Wildman–Crippen MR) is 106 cm³/mol. The molecule has 2 aromatic rings. The first-order valence-corrected chi connectivity index (χ1v) is 9.24. The zero-order valence-electron chi connectivity index (χ0n) is 15.8. The lowest BCUT2D eigenvalue weighted by Gasteiger charge is -2.37. The van der Waals surface area contributed by atoms with Crippen molar-refractivity contribution in [3.05, 3.63) is 41.1 Å². The van der Waals surface area contributed by atoms with Crippen LogP contribution in [-0.4, -0.2) is 42.7 Å². The zero-order chi connectivity index (χ0) is 17.8. The van der Waals surface area contributed by atoms with Crippen LogP contribution in [0.1, 0.15) is 30.2 Å². The average Bonchev–Trinajstić information content (AvgIpc) is 2.62. The quantitative estimate of drug-likeness (QED) is 0.902. The van der Waals surface area contributed by atoms with Gasteiger partial charge in [0.15, 0.2) is 0 Å². The Morgan fingerprint density at radius 1 is 1.00 bits per heavy atom. The Balaban J connectivity index is 1.70. The van der Waals surface area contributed by atoms with Gasteiger partial charge in [0, 0.05) is 50.2 Å². The number of aryl methyl sites for hydroxylation is 2. The normalized spacial score (nSPS) is 14.7. The van der Waals surface area contributed by atoms with Crippen molar-refractivity contribution in [2.45, 2.75) is 34.1 Å². The maximum Gasteiger partial charge on any atom is 0.224 e. The lowest BCUT2D eigenvalue weighted by molar-refractivity contribution is 0.645. The Labute approximate surface area is 151 Å². The van der Waals surface area contributed by atoms with E-state index in [-0.39, 0.29) is 0 Å². The van der Waals surface area contributed by atoms with Gasteiger partial charge in [-0.25, -0.2) is 4.98 Å². The van der Waals surface area contributed by atoms with Gasteiger partial charge in [-0.3, -0.25) is 0 Å². The van der Waals surface area contributed by atoms with E-state index in [0.29, 0.717) is 0 Å². The third kappa shape index (κ3) is 4.03. The summed E-state index contributed by atoms with van der Waals surface area (Å²) < 4.78 is 0. The number of nitrogens with zero attached hydrogens (tertiary/aromatic N) is 4. The molecule has 0 bridgehead atoms. The van der Waals surface area contributed by atoms with Crippen molar-refractivity contribution in [3.63, 3.8) is 0 Å². The van der Waals surface area contributed by atoms with Gasteiger partial charge in [0.05, 0.1) is 0 Å². The van der Waals surface area contributed by atoms with E-state index >= 15 is 0 Å². The van der Waals surface area contributed by atoms with Crippen molar-refractivity contribution in [2.75, 3.05) is 47.8 Å². The fourth-order valence-corrected chi connectivity index (χ4v) is 3.28. The molecule has 1 aromatic carbocycles. The van der Waals surface area contributed by atoms with Gasteiger partial charge in [0.25, 0.3) is 0 Å². The van der Waals surface area contributed by atoms with Crippen LogP contribution < -0.4 is 15.1 Å². The number of benzene rings is 1. The summed E-state index contributed by atoms with van der Waals surface area (Å²) in [6.45, 7) is 13.5. The van der Waals surface area contributed by atoms with Crippen LogP contribution in [0.3, 0.4) is 0 Å². The molecule has 0 radical (unpaired) electrons. The fraction of sp³-hybridized carbons (Fsp3) is 0.500. The Hall–Kier alpha value is -2.30. The van der Waals surface area contributed by atoms with E-state index in [2.05, 4.69) is 65.1 Å². The third-order valence-electron chi connectivity index (χ3n) is 4.89. The Kier molecular flexibility index (Phi) is 5.41. The SMILES string of the molecule is CCCNc1nc(C)cc(N2CCN(c3cccc(C)c3C)CC2)n1. The topological polar surface area (TPSA) is 44.3 Å². The van der Waals surface area contributed by atoms with E-state index in [4.69, 9.17) is 4.98 Å². The summed E-state index contributed by atoms with van der Waals surface area (Å²) >= 11 is 0. The predicted octanol–water partition coefficient (Wildman–Crippen LogP) is 3.55. The molecule has 1 fully saturated rings.